The van der Waals surface area contributed by atoms with E-state index in [1.165, 1.54) is 25.7 Å². The first-order chi connectivity index (χ1) is 8.66. The van der Waals surface area contributed by atoms with E-state index in [2.05, 4.69) is 6.92 Å². The zero-order chi connectivity index (χ0) is 13.4. The fourth-order valence-electron chi connectivity index (χ4n) is 2.52. The molecule has 0 radical (unpaired) electrons. The molecule has 1 amide bonds. The third-order valence-electron chi connectivity index (χ3n) is 3.60. The fourth-order valence-corrected chi connectivity index (χ4v) is 2.52. The highest BCUT2D eigenvalue weighted by molar-refractivity contribution is 5.84. The zero-order valence-electron chi connectivity index (χ0n) is 11.4. The van der Waals surface area contributed by atoms with E-state index in [0.29, 0.717) is 19.4 Å². The van der Waals surface area contributed by atoms with Crippen molar-refractivity contribution in [2.75, 3.05) is 6.54 Å². The molecular formula is C14H25NO3. The molecule has 0 aromatic heterocycles. The van der Waals surface area contributed by atoms with E-state index in [4.69, 9.17) is 5.11 Å². The van der Waals surface area contributed by atoms with Crippen LogP contribution < -0.4 is 0 Å². The molecule has 0 aliphatic carbocycles. The molecule has 4 nitrogen and oxygen atoms in total. The van der Waals surface area contributed by atoms with Gasteiger partial charge in [-0.1, -0.05) is 39.0 Å². The number of rotatable bonds is 8. The second-order valence-electron chi connectivity index (χ2n) is 5.10. The van der Waals surface area contributed by atoms with E-state index < -0.39 is 12.0 Å². The van der Waals surface area contributed by atoms with Gasteiger partial charge in [0.15, 0.2) is 0 Å². The van der Waals surface area contributed by atoms with E-state index >= 15 is 0 Å². The van der Waals surface area contributed by atoms with Gasteiger partial charge in [0.05, 0.1) is 0 Å². The number of carboxylic acid groups (broad SMARTS) is 1. The highest BCUT2D eigenvalue weighted by atomic mass is 16.4. The lowest BCUT2D eigenvalue weighted by Gasteiger charge is -2.21. The van der Waals surface area contributed by atoms with Crippen LogP contribution in [0, 0.1) is 0 Å². The van der Waals surface area contributed by atoms with Gasteiger partial charge in [-0.3, -0.25) is 4.79 Å². The summed E-state index contributed by atoms with van der Waals surface area (Å²) in [6, 6.07) is -0.572. The van der Waals surface area contributed by atoms with Crippen LogP contribution in [0.25, 0.3) is 0 Å². The molecule has 1 rings (SSSR count). The summed E-state index contributed by atoms with van der Waals surface area (Å²) >= 11 is 0. The Bertz CT molecular complexity index is 278. The van der Waals surface area contributed by atoms with Gasteiger partial charge in [0.1, 0.15) is 6.04 Å². The number of aliphatic carboxylic acids is 1. The predicted octanol–water partition coefficient (Wildman–Crippen LogP) is 2.81. The first-order valence-corrected chi connectivity index (χ1v) is 7.19. The Hall–Kier alpha value is -1.06. The Labute approximate surface area is 109 Å². The molecule has 0 aromatic rings. The van der Waals surface area contributed by atoms with Gasteiger partial charge in [-0.05, 0) is 19.3 Å². The van der Waals surface area contributed by atoms with Gasteiger partial charge in [0, 0.05) is 13.0 Å². The van der Waals surface area contributed by atoms with Gasteiger partial charge in [-0.25, -0.2) is 4.79 Å². The topological polar surface area (TPSA) is 57.6 Å². The second kappa shape index (κ2) is 8.11. The molecule has 1 heterocycles. The monoisotopic (exact) mass is 255 g/mol. The Morgan fingerprint density at radius 1 is 1.17 bits per heavy atom. The Balaban J connectivity index is 2.18. The van der Waals surface area contributed by atoms with E-state index in [-0.39, 0.29) is 5.91 Å². The lowest BCUT2D eigenvalue weighted by Crippen LogP contribution is -2.40. The number of carbonyl (C=O) groups excluding carboxylic acids is 1. The van der Waals surface area contributed by atoms with E-state index in [1.54, 1.807) is 4.90 Å². The third-order valence-corrected chi connectivity index (χ3v) is 3.60. The van der Waals surface area contributed by atoms with Gasteiger partial charge < -0.3 is 10.0 Å². The molecule has 104 valence electrons. The minimum Gasteiger partial charge on any atom is -0.480 e. The van der Waals surface area contributed by atoms with E-state index in [1.807, 2.05) is 0 Å². The van der Waals surface area contributed by atoms with Crippen molar-refractivity contribution in [2.45, 2.75) is 70.8 Å². The number of hydrogen-bond donors (Lipinski definition) is 1. The van der Waals surface area contributed by atoms with Gasteiger partial charge in [0.25, 0.3) is 0 Å². The van der Waals surface area contributed by atoms with E-state index in [0.717, 1.165) is 19.3 Å². The number of carbonyl (C=O) groups is 2. The van der Waals surface area contributed by atoms with Gasteiger partial charge in [0.2, 0.25) is 5.91 Å². The molecule has 1 unspecified atom stereocenters. The summed E-state index contributed by atoms with van der Waals surface area (Å²) in [6.07, 6.45) is 8.83. The fraction of sp³-hybridized carbons (Fsp3) is 0.857. The highest BCUT2D eigenvalue weighted by Crippen LogP contribution is 2.19. The molecule has 1 atom stereocenters. The first kappa shape index (κ1) is 15.0. The average Bonchev–Trinajstić information content (AvgIpc) is 2.82. The van der Waals surface area contributed by atoms with Crippen molar-refractivity contribution in [1.29, 1.82) is 0 Å². The zero-order valence-corrected chi connectivity index (χ0v) is 11.4. The second-order valence-corrected chi connectivity index (χ2v) is 5.10. The minimum absolute atomic E-state index is 0.0235. The van der Waals surface area contributed by atoms with Crippen LogP contribution >= 0.6 is 0 Å². The standard InChI is InChI=1S/C14H25NO3/c1-2-3-4-5-6-7-10-13(16)15-11-8-9-12(15)14(17)18/h12H,2-11H2,1H3,(H,17,18). The van der Waals surface area contributed by atoms with Crippen LogP contribution in [0.15, 0.2) is 0 Å². The lowest BCUT2D eigenvalue weighted by atomic mass is 10.1. The summed E-state index contributed by atoms with van der Waals surface area (Å²) in [7, 11) is 0. The summed E-state index contributed by atoms with van der Waals surface area (Å²) in [5.41, 5.74) is 0. The highest BCUT2D eigenvalue weighted by Gasteiger charge is 2.33. The third kappa shape index (κ3) is 4.67. The molecule has 0 aromatic carbocycles. The molecule has 18 heavy (non-hydrogen) atoms. The van der Waals surface area contributed by atoms with Crippen molar-refractivity contribution < 1.29 is 14.7 Å². The number of amides is 1. The Morgan fingerprint density at radius 3 is 2.50 bits per heavy atom. The van der Waals surface area contributed by atoms with Gasteiger partial charge >= 0.3 is 5.97 Å². The lowest BCUT2D eigenvalue weighted by molar-refractivity contribution is -0.148. The van der Waals surface area contributed by atoms with Crippen molar-refractivity contribution in [2.24, 2.45) is 0 Å². The summed E-state index contributed by atoms with van der Waals surface area (Å²) in [5, 5.41) is 9.01. The molecular weight excluding hydrogens is 230 g/mol. The van der Waals surface area contributed by atoms with Crippen molar-refractivity contribution in [3.05, 3.63) is 0 Å². The minimum atomic E-state index is -0.858. The summed E-state index contributed by atoms with van der Waals surface area (Å²) in [6.45, 7) is 2.80. The Morgan fingerprint density at radius 2 is 1.83 bits per heavy atom. The largest absolute Gasteiger partial charge is 0.480 e. The number of likely N-dealkylation sites (tertiary alicyclic amines) is 1. The van der Waals surface area contributed by atoms with Crippen LogP contribution in [-0.2, 0) is 9.59 Å². The molecule has 0 spiro atoms. The normalized spacial score (nSPS) is 19.2. The van der Waals surface area contributed by atoms with Crippen LogP contribution in [0.1, 0.15) is 64.7 Å². The maximum Gasteiger partial charge on any atom is 0.326 e. The maximum atomic E-state index is 11.9. The number of unbranched alkanes of at least 4 members (excludes halogenated alkanes) is 5. The van der Waals surface area contributed by atoms with Crippen molar-refractivity contribution >= 4 is 11.9 Å². The molecule has 0 saturated carbocycles. The predicted molar refractivity (Wildman–Crippen MR) is 70.4 cm³/mol. The number of carboxylic acids is 1. The molecule has 1 fully saturated rings. The molecule has 4 heteroatoms. The SMILES string of the molecule is CCCCCCCCC(=O)N1CCCC1C(=O)O. The van der Waals surface area contributed by atoms with Crippen molar-refractivity contribution in [3.63, 3.8) is 0 Å². The quantitative estimate of drug-likeness (QED) is 0.678. The van der Waals surface area contributed by atoms with Crippen LogP contribution in [0.5, 0.6) is 0 Å². The molecule has 1 aliphatic heterocycles. The Kier molecular flexibility index (Phi) is 6.76. The van der Waals surface area contributed by atoms with Crippen LogP contribution in [0.4, 0.5) is 0 Å². The summed E-state index contributed by atoms with van der Waals surface area (Å²) < 4.78 is 0. The summed E-state index contributed by atoms with van der Waals surface area (Å²) in [5.74, 6) is -0.834. The smallest absolute Gasteiger partial charge is 0.326 e. The first-order valence-electron chi connectivity index (χ1n) is 7.19. The number of hydrogen-bond acceptors (Lipinski definition) is 2. The van der Waals surface area contributed by atoms with E-state index in [9.17, 15) is 9.59 Å². The molecule has 1 saturated heterocycles. The number of nitrogens with zero attached hydrogens (tertiary/aromatic N) is 1. The van der Waals surface area contributed by atoms with Crippen LogP contribution in [-0.4, -0.2) is 34.5 Å². The van der Waals surface area contributed by atoms with Crippen molar-refractivity contribution in [3.8, 4) is 0 Å². The average molecular weight is 255 g/mol. The molecule has 1 aliphatic rings. The van der Waals surface area contributed by atoms with Crippen LogP contribution in [0.2, 0.25) is 0 Å². The van der Waals surface area contributed by atoms with Gasteiger partial charge in [-0.15, -0.1) is 0 Å². The van der Waals surface area contributed by atoms with Crippen LogP contribution in [0.3, 0.4) is 0 Å². The maximum absolute atomic E-state index is 11.9. The molecule has 0 bridgehead atoms. The summed E-state index contributed by atoms with van der Waals surface area (Å²) in [4.78, 5) is 24.4. The van der Waals surface area contributed by atoms with Gasteiger partial charge in [-0.2, -0.15) is 0 Å². The van der Waals surface area contributed by atoms with Crippen molar-refractivity contribution in [1.82, 2.24) is 4.90 Å². The molecule has 1 N–H and O–H groups in total.